The molecule has 31 heavy (non-hydrogen) atoms. The molecule has 2 rings (SSSR count). The van der Waals surface area contributed by atoms with Crippen molar-refractivity contribution in [1.82, 2.24) is 14.0 Å². The van der Waals surface area contributed by atoms with Gasteiger partial charge in [-0.15, -0.1) is 12.4 Å². The van der Waals surface area contributed by atoms with Crippen molar-refractivity contribution in [2.75, 3.05) is 38.1 Å². The molecule has 10 nitrogen and oxygen atoms in total. The lowest BCUT2D eigenvalue weighted by Gasteiger charge is -2.22. The van der Waals surface area contributed by atoms with Crippen molar-refractivity contribution >= 4 is 23.9 Å². The summed E-state index contributed by atoms with van der Waals surface area (Å²) in [5.41, 5.74) is 0.867. The number of hydrogen-bond donors (Lipinski definition) is 2. The summed E-state index contributed by atoms with van der Waals surface area (Å²) in [7, 11) is 3.07. The van der Waals surface area contributed by atoms with Crippen molar-refractivity contribution in [3.63, 3.8) is 0 Å². The fourth-order valence-electron chi connectivity index (χ4n) is 3.36. The Labute approximate surface area is 186 Å². The average Bonchev–Trinajstić information content (AvgIpc) is 2.73. The molecule has 1 heterocycles. The van der Waals surface area contributed by atoms with Crippen LogP contribution in [0, 0.1) is 17.0 Å². The third kappa shape index (κ3) is 6.91. The van der Waals surface area contributed by atoms with Gasteiger partial charge in [0.15, 0.2) is 0 Å². The van der Waals surface area contributed by atoms with Gasteiger partial charge in [-0.3, -0.25) is 28.9 Å². The van der Waals surface area contributed by atoms with Crippen LogP contribution in [0.5, 0.6) is 0 Å². The topological polar surface area (TPSA) is 123 Å². The molecule has 0 unspecified atom stereocenters. The van der Waals surface area contributed by atoms with Crippen molar-refractivity contribution in [1.29, 1.82) is 0 Å². The first-order valence-corrected chi connectivity index (χ1v) is 9.83. The van der Waals surface area contributed by atoms with Gasteiger partial charge in [0.2, 0.25) is 0 Å². The van der Waals surface area contributed by atoms with E-state index < -0.39 is 4.92 Å². The first-order chi connectivity index (χ1) is 14.3. The number of aryl methyl sites for hydroxylation is 1. The normalized spacial score (nSPS) is 10.7. The average molecular weight is 456 g/mol. The monoisotopic (exact) mass is 455 g/mol. The van der Waals surface area contributed by atoms with E-state index in [-0.39, 0.29) is 36.0 Å². The number of halogens is 1. The summed E-state index contributed by atoms with van der Waals surface area (Å²) in [5, 5.41) is 23.2. The van der Waals surface area contributed by atoms with Crippen LogP contribution in [0.2, 0.25) is 0 Å². The molecule has 2 N–H and O–H groups in total. The second-order valence-corrected chi connectivity index (χ2v) is 7.20. The Morgan fingerprint density at radius 3 is 2.32 bits per heavy atom. The number of aliphatic hydroxyl groups is 1. The van der Waals surface area contributed by atoms with E-state index in [4.69, 9.17) is 0 Å². The number of rotatable bonds is 11. The van der Waals surface area contributed by atoms with E-state index in [0.717, 1.165) is 29.5 Å². The van der Waals surface area contributed by atoms with Crippen molar-refractivity contribution in [2.24, 2.45) is 14.1 Å². The molecule has 0 radical (unpaired) electrons. The fraction of sp³-hybridized carbons (Fsp3) is 0.500. The third-order valence-corrected chi connectivity index (χ3v) is 5.11. The molecule has 0 saturated heterocycles. The smallest absolute Gasteiger partial charge is 0.332 e. The molecular weight excluding hydrogens is 426 g/mol. The van der Waals surface area contributed by atoms with Gasteiger partial charge in [-0.05, 0) is 31.9 Å². The maximum atomic E-state index is 12.1. The molecule has 11 heteroatoms. The Morgan fingerprint density at radius 1 is 1.10 bits per heavy atom. The molecule has 0 aliphatic rings. The van der Waals surface area contributed by atoms with Gasteiger partial charge < -0.3 is 10.4 Å². The van der Waals surface area contributed by atoms with Gasteiger partial charge in [0.1, 0.15) is 5.82 Å². The van der Waals surface area contributed by atoms with E-state index >= 15 is 0 Å². The van der Waals surface area contributed by atoms with Crippen LogP contribution < -0.4 is 16.6 Å². The summed E-state index contributed by atoms with van der Waals surface area (Å²) >= 11 is 0. The predicted molar refractivity (Wildman–Crippen MR) is 122 cm³/mol. The van der Waals surface area contributed by atoms with E-state index in [2.05, 4.69) is 10.2 Å². The number of nitrogens with one attached hydrogen (secondary N) is 1. The highest BCUT2D eigenvalue weighted by Gasteiger charge is 2.12. The largest absolute Gasteiger partial charge is 0.395 e. The molecule has 1 aromatic heterocycles. The number of nitro groups is 1. The summed E-state index contributed by atoms with van der Waals surface area (Å²) in [6.45, 7) is 4.10. The Bertz CT molecular complexity index is 950. The molecule has 1 aromatic carbocycles. The van der Waals surface area contributed by atoms with Crippen molar-refractivity contribution < 1.29 is 10.0 Å². The number of aliphatic hydroxyl groups excluding tert-OH is 1. The van der Waals surface area contributed by atoms with Gasteiger partial charge in [0.05, 0.1) is 17.1 Å². The lowest BCUT2D eigenvalue weighted by molar-refractivity contribution is -0.384. The minimum absolute atomic E-state index is 0. The molecule has 0 aliphatic carbocycles. The Kier molecular flexibility index (Phi) is 10.4. The van der Waals surface area contributed by atoms with Crippen LogP contribution in [-0.2, 0) is 20.5 Å². The molecule has 0 atom stereocenters. The van der Waals surface area contributed by atoms with Crippen LogP contribution in [0.1, 0.15) is 17.5 Å². The number of nitro benzene ring substituents is 1. The molecule has 0 fully saturated rings. The van der Waals surface area contributed by atoms with E-state index in [1.807, 2.05) is 0 Å². The number of nitrogens with zero attached hydrogens (tertiary/aromatic N) is 4. The quantitative estimate of drug-likeness (QED) is 0.383. The molecule has 2 aromatic rings. The zero-order valence-electron chi connectivity index (χ0n) is 18.0. The summed E-state index contributed by atoms with van der Waals surface area (Å²) in [4.78, 5) is 36.6. The van der Waals surface area contributed by atoms with Crippen LogP contribution in [-0.4, -0.2) is 56.8 Å². The van der Waals surface area contributed by atoms with Gasteiger partial charge >= 0.3 is 5.69 Å². The first kappa shape index (κ1) is 26.3. The van der Waals surface area contributed by atoms with Gasteiger partial charge in [-0.25, -0.2) is 4.79 Å². The second kappa shape index (κ2) is 12.2. The van der Waals surface area contributed by atoms with Crippen molar-refractivity contribution in [3.05, 3.63) is 66.3 Å². The van der Waals surface area contributed by atoms with Gasteiger partial charge in [-0.2, -0.15) is 0 Å². The van der Waals surface area contributed by atoms with E-state index in [1.54, 1.807) is 26.1 Å². The van der Waals surface area contributed by atoms with E-state index in [1.165, 1.54) is 23.7 Å². The number of hydrogen-bond acceptors (Lipinski definition) is 7. The van der Waals surface area contributed by atoms with Gasteiger partial charge in [-0.1, -0.05) is 12.1 Å². The number of benzene rings is 1. The summed E-state index contributed by atoms with van der Waals surface area (Å²) < 4.78 is 2.50. The lowest BCUT2D eigenvalue weighted by Crippen LogP contribution is -2.40. The molecule has 0 saturated carbocycles. The van der Waals surface area contributed by atoms with E-state index in [0.29, 0.717) is 31.0 Å². The summed E-state index contributed by atoms with van der Waals surface area (Å²) in [6, 6.07) is 6.52. The maximum Gasteiger partial charge on any atom is 0.332 e. The Hall–Kier alpha value is -2.69. The summed E-state index contributed by atoms with van der Waals surface area (Å²) in [5.74, 6) is 0.498. The minimum Gasteiger partial charge on any atom is -0.395 e. The zero-order chi connectivity index (χ0) is 22.3. The number of non-ortho nitro benzene ring substituents is 1. The molecule has 0 aliphatic heterocycles. The van der Waals surface area contributed by atoms with Gasteiger partial charge in [0.25, 0.3) is 11.2 Å². The molecule has 0 spiro atoms. The van der Waals surface area contributed by atoms with Crippen LogP contribution in [0.25, 0.3) is 0 Å². The Balaban J connectivity index is 0.00000480. The standard InChI is InChI=1S/C20H29N5O5.ClH/c1-15-18(22(2)20(28)23(3)19(15)27)21-10-12-24(13-14-26)11-4-5-16-6-8-17(9-7-16)25(29)30;/h6-9,21,26H,4-5,10-14H2,1-3H3;1H. The van der Waals surface area contributed by atoms with Crippen LogP contribution in [0.15, 0.2) is 33.9 Å². The minimum atomic E-state index is -0.417. The van der Waals surface area contributed by atoms with Crippen LogP contribution in [0.4, 0.5) is 11.5 Å². The summed E-state index contributed by atoms with van der Waals surface area (Å²) in [6.07, 6.45) is 1.61. The predicted octanol–water partition coefficient (Wildman–Crippen LogP) is 1.06. The molecule has 0 amide bonds. The fourth-order valence-corrected chi connectivity index (χ4v) is 3.36. The number of anilines is 1. The SMILES string of the molecule is Cc1c(NCCN(CCO)CCCc2ccc([N+](=O)[O-])cc2)n(C)c(=O)n(C)c1=O.Cl. The van der Waals surface area contributed by atoms with Crippen molar-refractivity contribution in [3.8, 4) is 0 Å². The highest BCUT2D eigenvalue weighted by atomic mass is 35.5. The number of aromatic nitrogens is 2. The van der Waals surface area contributed by atoms with Crippen LogP contribution in [0.3, 0.4) is 0 Å². The Morgan fingerprint density at radius 2 is 1.74 bits per heavy atom. The molecule has 0 bridgehead atoms. The lowest BCUT2D eigenvalue weighted by atomic mass is 10.1. The zero-order valence-corrected chi connectivity index (χ0v) is 18.9. The first-order valence-electron chi connectivity index (χ1n) is 9.83. The molecule has 172 valence electrons. The highest BCUT2D eigenvalue weighted by Crippen LogP contribution is 2.13. The van der Waals surface area contributed by atoms with Crippen molar-refractivity contribution in [2.45, 2.75) is 19.8 Å². The maximum absolute atomic E-state index is 12.1. The second-order valence-electron chi connectivity index (χ2n) is 7.20. The van der Waals surface area contributed by atoms with Gasteiger partial charge in [0, 0.05) is 45.9 Å². The van der Waals surface area contributed by atoms with E-state index in [9.17, 15) is 24.8 Å². The highest BCUT2D eigenvalue weighted by molar-refractivity contribution is 5.85. The van der Waals surface area contributed by atoms with Crippen LogP contribution >= 0.6 is 12.4 Å². The molecular formula is C20H30ClN5O5. The third-order valence-electron chi connectivity index (χ3n) is 5.11.